The van der Waals surface area contributed by atoms with Crippen molar-refractivity contribution in [2.75, 3.05) is 24.2 Å². The summed E-state index contributed by atoms with van der Waals surface area (Å²) in [5.41, 5.74) is 2.39. The molecule has 33 heavy (non-hydrogen) atoms. The second-order valence-electron chi connectivity index (χ2n) is 8.16. The fourth-order valence-electron chi connectivity index (χ4n) is 4.11. The predicted octanol–water partition coefficient (Wildman–Crippen LogP) is 5.65. The van der Waals surface area contributed by atoms with Gasteiger partial charge in [-0.15, -0.1) is 11.8 Å². The Kier molecular flexibility index (Phi) is 6.76. The van der Waals surface area contributed by atoms with E-state index in [0.29, 0.717) is 10.9 Å². The Morgan fingerprint density at radius 1 is 1.27 bits per heavy atom. The predicted molar refractivity (Wildman–Crippen MR) is 139 cm³/mol. The number of rotatable bonds is 5. The van der Waals surface area contributed by atoms with Crippen LogP contribution >= 0.6 is 39.3 Å². The molecule has 9 heteroatoms. The molecular formula is C24H23BrClN5OS. The lowest BCUT2D eigenvalue weighted by molar-refractivity contribution is -0.126. The maximum Gasteiger partial charge on any atom is 0.246 e. The Labute approximate surface area is 210 Å². The van der Waals surface area contributed by atoms with Gasteiger partial charge in [0.1, 0.15) is 5.82 Å². The van der Waals surface area contributed by atoms with E-state index in [-0.39, 0.29) is 11.9 Å². The molecule has 6 nitrogen and oxygen atoms in total. The lowest BCUT2D eigenvalue weighted by atomic mass is 10.0. The van der Waals surface area contributed by atoms with Crippen LogP contribution in [0.5, 0.6) is 0 Å². The summed E-state index contributed by atoms with van der Waals surface area (Å²) in [4.78, 5) is 19.3. The van der Waals surface area contributed by atoms with Gasteiger partial charge in [0, 0.05) is 47.5 Å². The Morgan fingerprint density at radius 3 is 2.85 bits per heavy atom. The van der Waals surface area contributed by atoms with Crippen LogP contribution in [0.25, 0.3) is 16.9 Å². The monoisotopic (exact) mass is 543 g/mol. The van der Waals surface area contributed by atoms with E-state index in [9.17, 15) is 4.79 Å². The van der Waals surface area contributed by atoms with E-state index in [2.05, 4.69) is 37.8 Å². The number of fused-ring (bicyclic) bond motifs is 1. The molecular weight excluding hydrogens is 522 g/mol. The Balaban J connectivity index is 1.30. The molecule has 1 unspecified atom stereocenters. The van der Waals surface area contributed by atoms with Crippen LogP contribution in [0.2, 0.25) is 5.02 Å². The third kappa shape index (κ3) is 4.98. The van der Waals surface area contributed by atoms with Gasteiger partial charge < -0.3 is 10.2 Å². The molecule has 5 rings (SSSR count). The fraction of sp³-hybridized carbons (Fsp3) is 0.292. The number of hydrogen-bond donors (Lipinski definition) is 1. The van der Waals surface area contributed by atoms with Crippen molar-refractivity contribution in [3.05, 3.63) is 69.7 Å². The minimum absolute atomic E-state index is 0.0991. The zero-order chi connectivity index (χ0) is 22.8. The standard InChI is InChI=1S/C24H23BrClN5OS/c25-19-14-27-31-22(13-21(29-24(19)31)18-3-1-2-4-20(18)26)28-17-7-10-30(11-8-17)23(32)6-5-16-9-12-33-15-16/h1-6,9,12-14,16-17,28H,7-8,10-11,15H2/b6-5+. The summed E-state index contributed by atoms with van der Waals surface area (Å²) < 4.78 is 2.62. The van der Waals surface area contributed by atoms with Crippen LogP contribution in [0.3, 0.4) is 0 Å². The number of halogens is 2. The van der Waals surface area contributed by atoms with E-state index in [1.807, 2.05) is 41.3 Å². The summed E-state index contributed by atoms with van der Waals surface area (Å²) in [6.45, 7) is 1.45. The van der Waals surface area contributed by atoms with E-state index < -0.39 is 0 Å². The number of nitrogens with one attached hydrogen (secondary N) is 1. The first-order valence-corrected chi connectivity index (χ1v) is 13.1. The molecule has 1 atom stereocenters. The lowest BCUT2D eigenvalue weighted by Crippen LogP contribution is -2.42. The smallest absolute Gasteiger partial charge is 0.246 e. The van der Waals surface area contributed by atoms with Crippen LogP contribution < -0.4 is 5.32 Å². The number of aromatic nitrogens is 3. The molecule has 1 N–H and O–H groups in total. The van der Waals surface area contributed by atoms with Crippen LogP contribution in [0.1, 0.15) is 12.8 Å². The summed E-state index contributed by atoms with van der Waals surface area (Å²) in [6, 6.07) is 9.92. The number of carbonyl (C=O) groups excluding carboxylic acids is 1. The summed E-state index contributed by atoms with van der Waals surface area (Å²) in [6.07, 6.45) is 9.37. The number of allylic oxidation sites excluding steroid dienone is 2. The number of nitrogens with zero attached hydrogens (tertiary/aromatic N) is 4. The SMILES string of the molecule is O=C(/C=C/C1C=CSC1)N1CCC(Nc2cc(-c3ccccc3Cl)nc3c(Br)cnn23)CC1. The molecule has 1 aromatic carbocycles. The number of benzene rings is 1. The first kappa shape index (κ1) is 22.5. The number of thioether (sulfide) groups is 1. The van der Waals surface area contributed by atoms with Crippen molar-refractivity contribution >= 4 is 56.7 Å². The number of hydrogen-bond acceptors (Lipinski definition) is 5. The average Bonchev–Trinajstić information content (AvgIpc) is 3.48. The van der Waals surface area contributed by atoms with Gasteiger partial charge in [0.05, 0.1) is 16.4 Å². The van der Waals surface area contributed by atoms with Crippen molar-refractivity contribution in [3.8, 4) is 11.3 Å². The second kappa shape index (κ2) is 9.91. The molecule has 0 bridgehead atoms. The van der Waals surface area contributed by atoms with Crippen LogP contribution in [0, 0.1) is 5.92 Å². The zero-order valence-corrected chi connectivity index (χ0v) is 21.0. The van der Waals surface area contributed by atoms with Crippen LogP contribution in [-0.4, -0.2) is 50.3 Å². The van der Waals surface area contributed by atoms with Crippen LogP contribution in [0.4, 0.5) is 5.82 Å². The highest BCUT2D eigenvalue weighted by atomic mass is 79.9. The lowest BCUT2D eigenvalue weighted by Gasteiger charge is -2.32. The quantitative estimate of drug-likeness (QED) is 0.421. The third-order valence-electron chi connectivity index (χ3n) is 5.93. The van der Waals surface area contributed by atoms with Crippen molar-refractivity contribution in [2.24, 2.45) is 5.92 Å². The number of piperidine rings is 1. The van der Waals surface area contributed by atoms with Crippen molar-refractivity contribution in [3.63, 3.8) is 0 Å². The molecule has 2 aromatic heterocycles. The molecule has 2 aliphatic heterocycles. The van der Waals surface area contributed by atoms with Gasteiger partial charge in [0.15, 0.2) is 5.65 Å². The minimum atomic E-state index is 0.0991. The van der Waals surface area contributed by atoms with E-state index in [1.165, 1.54) is 0 Å². The Hall–Kier alpha value is -2.29. The molecule has 0 aliphatic carbocycles. The highest BCUT2D eigenvalue weighted by Crippen LogP contribution is 2.31. The summed E-state index contributed by atoms with van der Waals surface area (Å²) >= 11 is 11.8. The first-order chi connectivity index (χ1) is 16.1. The third-order valence-corrected chi connectivity index (χ3v) is 7.75. The number of likely N-dealkylation sites (tertiary alicyclic amines) is 1. The molecule has 2 aliphatic rings. The second-order valence-corrected chi connectivity index (χ2v) is 10.4. The van der Waals surface area contributed by atoms with Gasteiger partial charge in [0.2, 0.25) is 5.91 Å². The van der Waals surface area contributed by atoms with E-state index in [0.717, 1.165) is 58.9 Å². The summed E-state index contributed by atoms with van der Waals surface area (Å²) in [5, 5.41) is 10.9. The average molecular weight is 545 g/mol. The highest BCUT2D eigenvalue weighted by molar-refractivity contribution is 9.10. The van der Waals surface area contributed by atoms with E-state index in [1.54, 1.807) is 28.6 Å². The number of carbonyl (C=O) groups is 1. The molecule has 1 fully saturated rings. The molecule has 3 aromatic rings. The Morgan fingerprint density at radius 2 is 2.09 bits per heavy atom. The molecule has 1 amide bonds. The molecule has 4 heterocycles. The first-order valence-electron chi connectivity index (χ1n) is 10.9. The van der Waals surface area contributed by atoms with Crippen molar-refractivity contribution < 1.29 is 4.79 Å². The minimum Gasteiger partial charge on any atom is -0.367 e. The van der Waals surface area contributed by atoms with E-state index >= 15 is 0 Å². The Bertz CT molecular complexity index is 1230. The zero-order valence-electron chi connectivity index (χ0n) is 17.8. The van der Waals surface area contributed by atoms with Crippen LogP contribution in [-0.2, 0) is 4.79 Å². The molecule has 0 radical (unpaired) electrons. The van der Waals surface area contributed by atoms with Gasteiger partial charge in [-0.3, -0.25) is 4.79 Å². The highest BCUT2D eigenvalue weighted by Gasteiger charge is 2.23. The van der Waals surface area contributed by atoms with Gasteiger partial charge in [0.25, 0.3) is 0 Å². The summed E-state index contributed by atoms with van der Waals surface area (Å²) in [5.74, 6) is 2.35. The van der Waals surface area contributed by atoms with E-state index in [4.69, 9.17) is 16.6 Å². The summed E-state index contributed by atoms with van der Waals surface area (Å²) in [7, 11) is 0. The van der Waals surface area contributed by atoms with Gasteiger partial charge in [-0.05, 0) is 46.3 Å². The maximum atomic E-state index is 12.6. The van der Waals surface area contributed by atoms with Crippen molar-refractivity contribution in [2.45, 2.75) is 18.9 Å². The van der Waals surface area contributed by atoms with Gasteiger partial charge in [-0.1, -0.05) is 42.0 Å². The van der Waals surface area contributed by atoms with Gasteiger partial charge in [-0.25, -0.2) is 4.98 Å². The van der Waals surface area contributed by atoms with Crippen molar-refractivity contribution in [1.29, 1.82) is 0 Å². The van der Waals surface area contributed by atoms with Gasteiger partial charge in [-0.2, -0.15) is 9.61 Å². The van der Waals surface area contributed by atoms with Crippen molar-refractivity contribution in [1.82, 2.24) is 19.5 Å². The molecule has 0 saturated carbocycles. The topological polar surface area (TPSA) is 62.5 Å². The normalized spacial score (nSPS) is 19.1. The maximum absolute atomic E-state index is 12.6. The molecule has 1 saturated heterocycles. The fourth-order valence-corrected chi connectivity index (χ4v) is 5.56. The molecule has 170 valence electrons. The van der Waals surface area contributed by atoms with Crippen LogP contribution in [0.15, 0.2) is 64.6 Å². The largest absolute Gasteiger partial charge is 0.367 e. The number of amides is 1. The number of anilines is 1. The molecule has 0 spiro atoms. The van der Waals surface area contributed by atoms with Gasteiger partial charge >= 0.3 is 0 Å².